The first-order chi connectivity index (χ1) is 13.2. The molecule has 6 heteroatoms. The summed E-state index contributed by atoms with van der Waals surface area (Å²) in [7, 11) is 0. The largest absolute Gasteiger partial charge is 0.478 e. The van der Waals surface area contributed by atoms with Crippen LogP contribution >= 0.6 is 11.6 Å². The van der Waals surface area contributed by atoms with Crippen LogP contribution in [0.15, 0.2) is 30.3 Å². The number of rotatable bonds is 7. The van der Waals surface area contributed by atoms with Gasteiger partial charge < -0.3 is 4.74 Å². The third kappa shape index (κ3) is 4.25. The van der Waals surface area contributed by atoms with Crippen LogP contribution in [-0.4, -0.2) is 42.5 Å². The smallest absolute Gasteiger partial charge is 0.215 e. The van der Waals surface area contributed by atoms with Gasteiger partial charge >= 0.3 is 0 Å². The number of pyridine rings is 1. The number of fused-ring (bicyclic) bond motifs is 2. The average Bonchev–Trinajstić information content (AvgIpc) is 3.10. The van der Waals surface area contributed by atoms with E-state index in [1.807, 2.05) is 18.2 Å². The summed E-state index contributed by atoms with van der Waals surface area (Å²) >= 11 is 6.08. The quantitative estimate of drug-likeness (QED) is 0.540. The van der Waals surface area contributed by atoms with E-state index in [0.717, 1.165) is 68.1 Å². The molecular formula is C21H24ClN3O2. The standard InChI is InChI=1S/C21H24ClN3O2/c22-19-5-3-18-14-24(10-7-17(18)13-19)9-1-2-12-27-20-6-4-16-8-11-25(15-26)21(16)23-20/h3-6,13,15H,1-2,7-12,14H2. The molecule has 0 bridgehead atoms. The second kappa shape index (κ2) is 8.28. The van der Waals surface area contributed by atoms with Gasteiger partial charge in [0, 0.05) is 30.7 Å². The summed E-state index contributed by atoms with van der Waals surface area (Å²) in [6.07, 6.45) is 4.85. The molecule has 0 fully saturated rings. The Bertz CT molecular complexity index is 827. The van der Waals surface area contributed by atoms with Gasteiger partial charge in [0.15, 0.2) is 0 Å². The average molecular weight is 386 g/mol. The number of carbonyl (C=O) groups is 1. The third-order valence-corrected chi connectivity index (χ3v) is 5.57. The van der Waals surface area contributed by atoms with Crippen LogP contribution in [0.2, 0.25) is 5.02 Å². The number of hydrogen-bond donors (Lipinski definition) is 0. The molecule has 2 aliphatic heterocycles. The lowest BCUT2D eigenvalue weighted by molar-refractivity contribution is -0.107. The van der Waals surface area contributed by atoms with E-state index in [1.54, 1.807) is 4.90 Å². The van der Waals surface area contributed by atoms with Crippen LogP contribution in [0.1, 0.15) is 29.5 Å². The van der Waals surface area contributed by atoms with Gasteiger partial charge in [-0.2, -0.15) is 4.98 Å². The predicted molar refractivity (Wildman–Crippen MR) is 107 cm³/mol. The maximum Gasteiger partial charge on any atom is 0.215 e. The number of anilines is 1. The lowest BCUT2D eigenvalue weighted by Gasteiger charge is -2.28. The molecule has 0 radical (unpaired) electrons. The maximum atomic E-state index is 11.1. The fraction of sp³-hybridized carbons (Fsp3) is 0.429. The van der Waals surface area contributed by atoms with Crippen LogP contribution in [0.3, 0.4) is 0 Å². The molecule has 0 saturated heterocycles. The highest BCUT2D eigenvalue weighted by Gasteiger charge is 2.20. The number of ether oxygens (including phenoxy) is 1. The molecule has 0 N–H and O–H groups in total. The van der Waals surface area contributed by atoms with E-state index < -0.39 is 0 Å². The molecule has 4 rings (SSSR count). The lowest BCUT2D eigenvalue weighted by Crippen LogP contribution is -2.31. The molecule has 1 amide bonds. The van der Waals surface area contributed by atoms with E-state index in [2.05, 4.69) is 22.0 Å². The molecule has 27 heavy (non-hydrogen) atoms. The van der Waals surface area contributed by atoms with Crippen molar-refractivity contribution in [1.29, 1.82) is 0 Å². The normalized spacial score (nSPS) is 16.1. The van der Waals surface area contributed by atoms with E-state index in [4.69, 9.17) is 16.3 Å². The number of halogens is 1. The fourth-order valence-corrected chi connectivity index (χ4v) is 4.01. The first-order valence-electron chi connectivity index (χ1n) is 9.57. The molecule has 1 aromatic heterocycles. The topological polar surface area (TPSA) is 45.7 Å². The molecule has 5 nitrogen and oxygen atoms in total. The lowest BCUT2D eigenvalue weighted by atomic mass is 10.00. The van der Waals surface area contributed by atoms with E-state index in [9.17, 15) is 4.79 Å². The maximum absolute atomic E-state index is 11.1. The zero-order valence-corrected chi connectivity index (χ0v) is 16.1. The zero-order valence-electron chi connectivity index (χ0n) is 15.4. The van der Waals surface area contributed by atoms with Crippen molar-refractivity contribution in [2.45, 2.75) is 32.2 Å². The van der Waals surface area contributed by atoms with Gasteiger partial charge in [-0.05, 0) is 67.1 Å². The van der Waals surface area contributed by atoms with Gasteiger partial charge in [0.25, 0.3) is 0 Å². The van der Waals surface area contributed by atoms with E-state index in [-0.39, 0.29) is 0 Å². The number of hydrogen-bond acceptors (Lipinski definition) is 4. The van der Waals surface area contributed by atoms with Crippen LogP contribution < -0.4 is 9.64 Å². The summed E-state index contributed by atoms with van der Waals surface area (Å²) in [4.78, 5) is 19.7. The first kappa shape index (κ1) is 18.3. The molecule has 0 atom stereocenters. The minimum Gasteiger partial charge on any atom is -0.478 e. The SMILES string of the molecule is O=CN1CCc2ccc(OCCCCN3CCc4cc(Cl)ccc4C3)nc21. The molecule has 3 heterocycles. The Kier molecular flexibility index (Phi) is 5.60. The Morgan fingerprint density at radius 1 is 1.07 bits per heavy atom. The van der Waals surface area contributed by atoms with Crippen LogP contribution in [0.5, 0.6) is 5.88 Å². The number of carbonyl (C=O) groups excluding carboxylic acids is 1. The summed E-state index contributed by atoms with van der Waals surface area (Å²) in [6.45, 7) is 4.51. The number of nitrogens with zero attached hydrogens (tertiary/aromatic N) is 3. The highest BCUT2D eigenvalue weighted by molar-refractivity contribution is 6.30. The van der Waals surface area contributed by atoms with Gasteiger partial charge in [-0.25, -0.2) is 0 Å². The summed E-state index contributed by atoms with van der Waals surface area (Å²) in [5.74, 6) is 1.35. The molecule has 1 aromatic carbocycles. The molecular weight excluding hydrogens is 362 g/mol. The Hall–Kier alpha value is -2.11. The number of aromatic nitrogens is 1. The predicted octanol–water partition coefficient (Wildman–Crippen LogP) is 3.47. The second-order valence-corrected chi connectivity index (χ2v) is 7.61. The van der Waals surface area contributed by atoms with Crippen LogP contribution in [0.25, 0.3) is 0 Å². The van der Waals surface area contributed by atoms with Gasteiger partial charge in [0.1, 0.15) is 5.82 Å². The van der Waals surface area contributed by atoms with Crippen LogP contribution in [-0.2, 0) is 24.2 Å². The Labute approximate surface area is 164 Å². The van der Waals surface area contributed by atoms with Crippen molar-refractivity contribution in [1.82, 2.24) is 9.88 Å². The van der Waals surface area contributed by atoms with Crippen molar-refractivity contribution in [3.8, 4) is 5.88 Å². The molecule has 0 unspecified atom stereocenters. The molecule has 0 saturated carbocycles. The van der Waals surface area contributed by atoms with Gasteiger partial charge in [-0.1, -0.05) is 17.7 Å². The van der Waals surface area contributed by atoms with Crippen molar-refractivity contribution < 1.29 is 9.53 Å². The fourth-order valence-electron chi connectivity index (χ4n) is 3.82. The van der Waals surface area contributed by atoms with Crippen molar-refractivity contribution in [2.24, 2.45) is 0 Å². The number of unbranched alkanes of at least 4 members (excludes halogenated alkanes) is 1. The van der Waals surface area contributed by atoms with E-state index >= 15 is 0 Å². The summed E-state index contributed by atoms with van der Waals surface area (Å²) in [5, 5.41) is 0.829. The molecule has 2 aromatic rings. The molecule has 0 aliphatic carbocycles. The highest BCUT2D eigenvalue weighted by Crippen LogP contribution is 2.27. The highest BCUT2D eigenvalue weighted by atomic mass is 35.5. The Morgan fingerprint density at radius 3 is 2.81 bits per heavy atom. The van der Waals surface area contributed by atoms with Crippen LogP contribution in [0, 0.1) is 0 Å². The molecule has 142 valence electrons. The van der Waals surface area contributed by atoms with Gasteiger partial charge in [0.2, 0.25) is 12.3 Å². The zero-order chi connectivity index (χ0) is 18.6. The monoisotopic (exact) mass is 385 g/mol. The minimum atomic E-state index is 0.603. The van der Waals surface area contributed by atoms with E-state index in [0.29, 0.717) is 19.0 Å². The van der Waals surface area contributed by atoms with Crippen LogP contribution in [0.4, 0.5) is 5.82 Å². The van der Waals surface area contributed by atoms with Crippen molar-refractivity contribution in [3.05, 3.63) is 52.0 Å². The van der Waals surface area contributed by atoms with Crippen molar-refractivity contribution in [2.75, 3.05) is 31.1 Å². The van der Waals surface area contributed by atoms with Gasteiger partial charge in [-0.15, -0.1) is 0 Å². The Morgan fingerprint density at radius 2 is 1.93 bits per heavy atom. The Balaban J connectivity index is 1.20. The van der Waals surface area contributed by atoms with Crippen molar-refractivity contribution >= 4 is 23.8 Å². The van der Waals surface area contributed by atoms with E-state index in [1.165, 1.54) is 11.1 Å². The number of amides is 1. The van der Waals surface area contributed by atoms with Gasteiger partial charge in [0.05, 0.1) is 6.61 Å². The van der Waals surface area contributed by atoms with Crippen molar-refractivity contribution in [3.63, 3.8) is 0 Å². The second-order valence-electron chi connectivity index (χ2n) is 7.18. The first-order valence-corrected chi connectivity index (χ1v) is 9.95. The third-order valence-electron chi connectivity index (χ3n) is 5.33. The summed E-state index contributed by atoms with van der Waals surface area (Å²) < 4.78 is 5.80. The molecule has 2 aliphatic rings. The minimum absolute atomic E-state index is 0.603. The summed E-state index contributed by atoms with van der Waals surface area (Å²) in [6, 6.07) is 10.1. The number of benzene rings is 1. The summed E-state index contributed by atoms with van der Waals surface area (Å²) in [5.41, 5.74) is 3.89. The molecule has 0 spiro atoms. The van der Waals surface area contributed by atoms with Gasteiger partial charge in [-0.3, -0.25) is 14.6 Å².